The Morgan fingerprint density at radius 2 is 2.04 bits per heavy atom. The molecule has 2 aromatic heterocycles. The highest BCUT2D eigenvalue weighted by Gasteiger charge is 2.13. The van der Waals surface area contributed by atoms with Crippen molar-refractivity contribution in [1.82, 2.24) is 10.3 Å². The molecule has 0 radical (unpaired) electrons. The number of hydrogen-bond acceptors (Lipinski definition) is 5. The van der Waals surface area contributed by atoms with Gasteiger partial charge in [-0.2, -0.15) is 0 Å². The van der Waals surface area contributed by atoms with Crippen molar-refractivity contribution in [3.8, 4) is 0 Å². The summed E-state index contributed by atoms with van der Waals surface area (Å²) in [5, 5.41) is 6.71. The molecular formula is C17H12BrCl2N3O3S. The molecule has 3 rings (SSSR count). The third-order valence-corrected chi connectivity index (χ3v) is 5.31. The van der Waals surface area contributed by atoms with Gasteiger partial charge in [0, 0.05) is 27.5 Å². The number of amides is 2. The molecule has 0 bridgehead atoms. The fourth-order valence-electron chi connectivity index (χ4n) is 2.15. The van der Waals surface area contributed by atoms with Crippen LogP contribution in [0.2, 0.25) is 10.0 Å². The van der Waals surface area contributed by atoms with Gasteiger partial charge in [0.2, 0.25) is 5.91 Å². The van der Waals surface area contributed by atoms with Crippen molar-refractivity contribution < 1.29 is 14.0 Å². The van der Waals surface area contributed by atoms with Gasteiger partial charge in [0.1, 0.15) is 0 Å². The number of halogens is 3. The van der Waals surface area contributed by atoms with E-state index in [1.807, 2.05) is 6.07 Å². The van der Waals surface area contributed by atoms with Crippen LogP contribution in [0.25, 0.3) is 0 Å². The molecule has 0 aliphatic rings. The van der Waals surface area contributed by atoms with Crippen molar-refractivity contribution in [3.05, 3.63) is 67.4 Å². The number of rotatable bonds is 6. The molecule has 2 amide bonds. The second kappa shape index (κ2) is 8.88. The van der Waals surface area contributed by atoms with Crippen molar-refractivity contribution in [1.29, 1.82) is 0 Å². The highest BCUT2D eigenvalue weighted by molar-refractivity contribution is 9.10. The van der Waals surface area contributed by atoms with Crippen molar-refractivity contribution >= 4 is 67.4 Å². The lowest BCUT2D eigenvalue weighted by Gasteiger charge is -2.03. The Labute approximate surface area is 177 Å². The zero-order valence-corrected chi connectivity index (χ0v) is 17.5. The van der Waals surface area contributed by atoms with Crippen LogP contribution in [0.5, 0.6) is 0 Å². The first kappa shape index (κ1) is 19.9. The summed E-state index contributed by atoms with van der Waals surface area (Å²) in [6.07, 6.45) is 2.25. The summed E-state index contributed by atoms with van der Waals surface area (Å²) < 4.78 is 5.55. The Hall–Kier alpha value is -1.87. The van der Waals surface area contributed by atoms with E-state index < -0.39 is 5.91 Å². The number of hydrogen-bond donors (Lipinski definition) is 2. The van der Waals surface area contributed by atoms with Gasteiger partial charge in [-0.15, -0.1) is 11.3 Å². The second-order valence-electron chi connectivity index (χ2n) is 5.38. The SMILES string of the molecule is O=C(CNC(=O)c1ccc(Br)o1)Nc1ncc(Cc2ccc(Cl)cc2Cl)s1. The smallest absolute Gasteiger partial charge is 0.287 e. The van der Waals surface area contributed by atoms with Gasteiger partial charge in [-0.05, 0) is 45.8 Å². The van der Waals surface area contributed by atoms with E-state index in [-0.39, 0.29) is 18.2 Å². The summed E-state index contributed by atoms with van der Waals surface area (Å²) in [6, 6.07) is 8.41. The topological polar surface area (TPSA) is 84.2 Å². The van der Waals surface area contributed by atoms with Crippen LogP contribution in [0.15, 0.2) is 45.6 Å². The number of carbonyl (C=O) groups is 2. The maximum absolute atomic E-state index is 12.0. The molecule has 140 valence electrons. The quantitative estimate of drug-likeness (QED) is 0.523. The average Bonchev–Trinajstić information content (AvgIpc) is 3.24. The molecule has 0 aliphatic heterocycles. The number of furan rings is 1. The van der Waals surface area contributed by atoms with E-state index in [1.165, 1.54) is 17.4 Å². The molecule has 0 spiro atoms. The first-order chi connectivity index (χ1) is 12.9. The third-order valence-electron chi connectivity index (χ3n) is 3.39. The summed E-state index contributed by atoms with van der Waals surface area (Å²) >= 11 is 16.5. The first-order valence-corrected chi connectivity index (χ1v) is 9.99. The minimum atomic E-state index is -0.479. The molecular weight excluding hydrogens is 477 g/mol. The van der Waals surface area contributed by atoms with Gasteiger partial charge in [-0.25, -0.2) is 4.98 Å². The van der Waals surface area contributed by atoms with E-state index in [2.05, 4.69) is 31.5 Å². The minimum absolute atomic E-state index is 0.117. The predicted molar refractivity (Wildman–Crippen MR) is 109 cm³/mol. The lowest BCUT2D eigenvalue weighted by Crippen LogP contribution is -2.32. The zero-order chi connectivity index (χ0) is 19.4. The van der Waals surface area contributed by atoms with Crippen molar-refractivity contribution in [2.45, 2.75) is 6.42 Å². The maximum Gasteiger partial charge on any atom is 0.287 e. The fraction of sp³-hybridized carbons (Fsp3) is 0.118. The lowest BCUT2D eigenvalue weighted by molar-refractivity contribution is -0.115. The van der Waals surface area contributed by atoms with Crippen LogP contribution in [0, 0.1) is 0 Å². The molecule has 3 aromatic rings. The number of thiazole rings is 1. The summed E-state index contributed by atoms with van der Waals surface area (Å²) in [6.45, 7) is -0.199. The van der Waals surface area contributed by atoms with E-state index in [1.54, 1.807) is 24.4 Å². The minimum Gasteiger partial charge on any atom is -0.444 e. The molecule has 6 nitrogen and oxygen atoms in total. The molecule has 1 aromatic carbocycles. The van der Waals surface area contributed by atoms with E-state index in [4.69, 9.17) is 27.6 Å². The second-order valence-corrected chi connectivity index (χ2v) is 8.12. The first-order valence-electron chi connectivity index (χ1n) is 7.63. The highest BCUT2D eigenvalue weighted by Crippen LogP contribution is 2.26. The van der Waals surface area contributed by atoms with Crippen LogP contribution in [0.3, 0.4) is 0 Å². The van der Waals surface area contributed by atoms with Crippen LogP contribution in [0.1, 0.15) is 21.0 Å². The number of nitrogens with one attached hydrogen (secondary N) is 2. The van der Waals surface area contributed by atoms with Gasteiger partial charge in [-0.3, -0.25) is 9.59 Å². The Bertz CT molecular complexity index is 989. The van der Waals surface area contributed by atoms with E-state index in [0.717, 1.165) is 10.4 Å². The largest absolute Gasteiger partial charge is 0.444 e. The molecule has 27 heavy (non-hydrogen) atoms. The Kier molecular flexibility index (Phi) is 6.54. The average molecular weight is 489 g/mol. The third kappa shape index (κ3) is 5.55. The molecule has 0 saturated heterocycles. The van der Waals surface area contributed by atoms with E-state index in [9.17, 15) is 9.59 Å². The standard InChI is InChI=1S/C17H12BrCl2N3O3S/c18-14-4-3-13(26-14)16(25)21-8-15(24)23-17-22-7-11(27-17)5-9-1-2-10(19)6-12(9)20/h1-4,6-7H,5,8H2,(H,21,25)(H,22,23,24). The fourth-order valence-corrected chi connectivity index (χ4v) is 3.78. The molecule has 0 fully saturated rings. The Morgan fingerprint density at radius 3 is 2.74 bits per heavy atom. The van der Waals surface area contributed by atoms with Crippen LogP contribution < -0.4 is 10.6 Å². The van der Waals surface area contributed by atoms with Crippen LogP contribution in [-0.4, -0.2) is 23.3 Å². The molecule has 2 N–H and O–H groups in total. The predicted octanol–water partition coefficient (Wildman–Crippen LogP) is 4.76. The monoisotopic (exact) mass is 487 g/mol. The van der Waals surface area contributed by atoms with Crippen molar-refractivity contribution in [3.63, 3.8) is 0 Å². The lowest BCUT2D eigenvalue weighted by atomic mass is 10.1. The Balaban J connectivity index is 1.52. The number of aromatic nitrogens is 1. The Morgan fingerprint density at radius 1 is 1.22 bits per heavy atom. The summed E-state index contributed by atoms with van der Waals surface area (Å²) in [7, 11) is 0. The van der Waals surface area contributed by atoms with Gasteiger partial charge < -0.3 is 15.1 Å². The number of carbonyl (C=O) groups excluding carboxylic acids is 2. The summed E-state index contributed by atoms with van der Waals surface area (Å²) in [5.41, 5.74) is 0.916. The number of anilines is 1. The van der Waals surface area contributed by atoms with E-state index in [0.29, 0.717) is 26.3 Å². The van der Waals surface area contributed by atoms with Crippen molar-refractivity contribution in [2.75, 3.05) is 11.9 Å². The molecule has 0 saturated carbocycles. The van der Waals surface area contributed by atoms with Gasteiger partial charge in [0.25, 0.3) is 5.91 Å². The molecule has 0 aliphatic carbocycles. The molecule has 10 heteroatoms. The molecule has 0 unspecified atom stereocenters. The normalized spacial score (nSPS) is 10.6. The summed E-state index contributed by atoms with van der Waals surface area (Å²) in [4.78, 5) is 28.9. The van der Waals surface area contributed by atoms with Gasteiger partial charge in [0.05, 0.1) is 6.54 Å². The number of nitrogens with zero attached hydrogens (tertiary/aromatic N) is 1. The van der Waals surface area contributed by atoms with Crippen LogP contribution in [-0.2, 0) is 11.2 Å². The van der Waals surface area contributed by atoms with Crippen molar-refractivity contribution in [2.24, 2.45) is 0 Å². The molecule has 2 heterocycles. The highest BCUT2D eigenvalue weighted by atomic mass is 79.9. The van der Waals surface area contributed by atoms with Gasteiger partial charge in [-0.1, -0.05) is 29.3 Å². The zero-order valence-electron chi connectivity index (χ0n) is 13.6. The van der Waals surface area contributed by atoms with Gasteiger partial charge in [0.15, 0.2) is 15.6 Å². The number of benzene rings is 1. The van der Waals surface area contributed by atoms with Gasteiger partial charge >= 0.3 is 0 Å². The van der Waals surface area contributed by atoms with Crippen LogP contribution >= 0.6 is 50.5 Å². The maximum atomic E-state index is 12.0. The van der Waals surface area contributed by atoms with E-state index >= 15 is 0 Å². The summed E-state index contributed by atoms with van der Waals surface area (Å²) in [5.74, 6) is -0.751. The molecule has 0 atom stereocenters. The van der Waals surface area contributed by atoms with Crippen LogP contribution in [0.4, 0.5) is 5.13 Å².